The van der Waals surface area contributed by atoms with Gasteiger partial charge in [-0.3, -0.25) is 4.74 Å². The molecule has 96 valence electrons. The first-order chi connectivity index (χ1) is 6.71. The fourth-order valence-corrected chi connectivity index (χ4v) is 2.12. The lowest BCUT2D eigenvalue weighted by molar-refractivity contribution is -0.207. The van der Waals surface area contributed by atoms with Gasteiger partial charge in [0, 0.05) is 0 Å². The van der Waals surface area contributed by atoms with Gasteiger partial charge in [-0.15, -0.1) is 0 Å². The minimum atomic E-state index is -3.98. The summed E-state index contributed by atoms with van der Waals surface area (Å²) >= 11 is 35.2. The van der Waals surface area contributed by atoms with E-state index in [1.54, 1.807) is 0 Å². The Balaban J connectivity index is 2.94. The maximum absolute atomic E-state index is 13.7. The van der Waals surface area contributed by atoms with Gasteiger partial charge in [-0.05, 0) is 11.6 Å². The number of halogens is 10. The third-order valence-corrected chi connectivity index (χ3v) is 5.25. The van der Waals surface area contributed by atoms with Crippen molar-refractivity contribution in [3.63, 3.8) is 0 Å². The van der Waals surface area contributed by atoms with Gasteiger partial charge in [0.25, 0.3) is 5.85 Å². The molecule has 1 aliphatic rings. The van der Waals surface area contributed by atoms with Gasteiger partial charge < -0.3 is 0 Å². The van der Waals surface area contributed by atoms with Gasteiger partial charge in [-0.2, -0.15) is 8.78 Å². The highest BCUT2D eigenvalue weighted by Crippen LogP contribution is 2.75. The average Bonchev–Trinajstić information content (AvgIpc) is 2.25. The summed E-state index contributed by atoms with van der Waals surface area (Å²) in [6.45, 7) is 0. The molecule has 0 radical (unpaired) electrons. The molecule has 0 amide bonds. The molecule has 1 aliphatic carbocycles. The molecule has 0 saturated heterocycles. The van der Waals surface area contributed by atoms with Crippen LogP contribution in [0.4, 0.5) is 13.2 Å². The minimum absolute atomic E-state index is 2.55. The topological polar surface area (TPSA) is 9.23 Å². The van der Waals surface area contributed by atoms with Gasteiger partial charge in [0.2, 0.25) is 8.67 Å². The lowest BCUT2D eigenvalue weighted by Gasteiger charge is -2.26. The second-order valence-electron chi connectivity index (χ2n) is 2.86. The maximum Gasteiger partial charge on any atom is 0.352 e. The predicted molar refractivity (Wildman–Crippen MR) is 59.0 cm³/mol. The molecule has 0 heterocycles. The van der Waals surface area contributed by atoms with Crippen LogP contribution in [0.15, 0.2) is 0 Å². The average molecular weight is 381 g/mol. The monoisotopic (exact) mass is 378 g/mol. The van der Waals surface area contributed by atoms with Crippen LogP contribution in [0.5, 0.6) is 0 Å². The summed E-state index contributed by atoms with van der Waals surface area (Å²) in [7, 11) is 0. The molecule has 1 unspecified atom stereocenters. The largest absolute Gasteiger partial charge is 0.352 e. The van der Waals surface area contributed by atoms with Crippen molar-refractivity contribution < 1.29 is 17.9 Å². The Morgan fingerprint density at radius 2 is 1.19 bits per heavy atom. The molecule has 1 atom stereocenters. The molecule has 0 aromatic heterocycles. The molecular formula is C5Cl7F3O. The number of hydrogen-bond acceptors (Lipinski definition) is 1. The van der Waals surface area contributed by atoms with Crippen molar-refractivity contribution >= 4 is 81.2 Å². The molecule has 1 nitrogen and oxygen atoms in total. The first kappa shape index (κ1) is 15.8. The zero-order valence-electron chi connectivity index (χ0n) is 6.69. The van der Waals surface area contributed by atoms with Crippen molar-refractivity contribution in [3.8, 4) is 0 Å². The fraction of sp³-hybridized carbons (Fsp3) is 1.00. The number of rotatable bonds is 3. The van der Waals surface area contributed by atoms with E-state index in [4.69, 9.17) is 58.0 Å². The second-order valence-corrected chi connectivity index (χ2v) is 7.24. The van der Waals surface area contributed by atoms with E-state index >= 15 is 0 Å². The van der Waals surface area contributed by atoms with Crippen LogP contribution in [-0.2, 0) is 4.74 Å². The van der Waals surface area contributed by atoms with Gasteiger partial charge in [0.15, 0.2) is 0 Å². The van der Waals surface area contributed by atoms with Crippen LogP contribution in [0.1, 0.15) is 0 Å². The first-order valence-electron chi connectivity index (χ1n) is 3.30. The molecule has 1 saturated carbocycles. The lowest BCUT2D eigenvalue weighted by Crippen LogP contribution is -2.41. The van der Waals surface area contributed by atoms with Crippen LogP contribution in [0.25, 0.3) is 0 Å². The Bertz CT molecular complexity index is 298. The maximum atomic E-state index is 13.7. The Kier molecular flexibility index (Phi) is 3.85. The van der Waals surface area contributed by atoms with Gasteiger partial charge >= 0.3 is 9.90 Å². The predicted octanol–water partition coefficient (Wildman–Crippen LogP) is 4.99. The van der Waals surface area contributed by atoms with Crippen molar-refractivity contribution in [2.24, 2.45) is 0 Å². The van der Waals surface area contributed by atoms with Crippen molar-refractivity contribution in [1.82, 2.24) is 0 Å². The van der Waals surface area contributed by atoms with Crippen LogP contribution in [0.2, 0.25) is 0 Å². The Hall–Kier alpha value is 1.78. The molecule has 0 N–H and O–H groups in total. The Morgan fingerprint density at radius 1 is 0.875 bits per heavy atom. The third-order valence-electron chi connectivity index (χ3n) is 1.74. The summed E-state index contributed by atoms with van der Waals surface area (Å²) in [6.07, 6.45) is 0. The Labute approximate surface area is 123 Å². The molecule has 0 spiro atoms. The molecule has 0 aromatic carbocycles. The van der Waals surface area contributed by atoms with E-state index in [0.717, 1.165) is 0 Å². The van der Waals surface area contributed by atoms with Crippen LogP contribution in [-0.4, -0.2) is 24.4 Å². The van der Waals surface area contributed by atoms with E-state index in [0.29, 0.717) is 0 Å². The SMILES string of the molecule is FC(Cl)(Cl)C(F)(Cl)OC1(F)C(Cl)(Cl)C1(Cl)Cl. The van der Waals surface area contributed by atoms with Crippen LogP contribution >= 0.6 is 81.2 Å². The summed E-state index contributed by atoms with van der Waals surface area (Å²) in [5.41, 5.74) is 0. The zero-order chi connectivity index (χ0) is 13.2. The summed E-state index contributed by atoms with van der Waals surface area (Å²) in [5.74, 6) is -3.37. The number of ether oxygens (including phenoxy) is 1. The van der Waals surface area contributed by atoms with E-state index in [9.17, 15) is 13.2 Å². The molecular weight excluding hydrogens is 381 g/mol. The van der Waals surface area contributed by atoms with E-state index in [-0.39, 0.29) is 0 Å². The summed E-state index contributed by atoms with van der Waals surface area (Å²) in [6, 6.07) is 0. The second kappa shape index (κ2) is 3.89. The molecule has 11 heteroatoms. The summed E-state index contributed by atoms with van der Waals surface area (Å²) in [5, 5.41) is -3.98. The van der Waals surface area contributed by atoms with Crippen molar-refractivity contribution in [3.05, 3.63) is 0 Å². The molecule has 0 aliphatic heterocycles. The fourth-order valence-electron chi connectivity index (χ4n) is 0.726. The van der Waals surface area contributed by atoms with Crippen molar-refractivity contribution in [1.29, 1.82) is 0 Å². The Morgan fingerprint density at radius 3 is 1.38 bits per heavy atom. The van der Waals surface area contributed by atoms with E-state index < -0.39 is 24.4 Å². The smallest absolute Gasteiger partial charge is 0.286 e. The molecule has 0 aromatic rings. The highest BCUT2D eigenvalue weighted by molar-refractivity contribution is 6.69. The third kappa shape index (κ3) is 1.97. The van der Waals surface area contributed by atoms with E-state index in [2.05, 4.69) is 27.9 Å². The van der Waals surface area contributed by atoms with Crippen LogP contribution in [0.3, 0.4) is 0 Å². The van der Waals surface area contributed by atoms with Crippen molar-refractivity contribution in [2.45, 2.75) is 24.4 Å². The van der Waals surface area contributed by atoms with Crippen LogP contribution < -0.4 is 0 Å². The van der Waals surface area contributed by atoms with E-state index in [1.165, 1.54) is 0 Å². The summed E-state index contributed by atoms with van der Waals surface area (Å²) in [4.78, 5) is 0. The standard InChI is InChI=1S/C5Cl7F3O/c6-1(7)2(8,9)3(1,13)16-5(12,15)4(10,11)14. The van der Waals surface area contributed by atoms with E-state index in [1.807, 2.05) is 0 Å². The molecule has 16 heavy (non-hydrogen) atoms. The zero-order valence-corrected chi connectivity index (χ0v) is 12.0. The van der Waals surface area contributed by atoms with Gasteiger partial charge in [0.05, 0.1) is 0 Å². The molecule has 0 bridgehead atoms. The number of hydrogen-bond donors (Lipinski definition) is 0. The first-order valence-corrected chi connectivity index (χ1v) is 5.94. The minimum Gasteiger partial charge on any atom is -0.286 e. The lowest BCUT2D eigenvalue weighted by atomic mass is 10.6. The van der Waals surface area contributed by atoms with Crippen LogP contribution in [0, 0.1) is 0 Å². The highest BCUT2D eigenvalue weighted by Gasteiger charge is 2.93. The summed E-state index contributed by atoms with van der Waals surface area (Å²) < 4.78 is 34.7. The molecule has 1 rings (SSSR count). The normalized spacial score (nSPS) is 29.6. The highest BCUT2D eigenvalue weighted by atomic mass is 35.5. The number of alkyl halides is 10. The quantitative estimate of drug-likeness (QED) is 0.626. The van der Waals surface area contributed by atoms with Gasteiger partial charge in [-0.1, -0.05) is 69.6 Å². The van der Waals surface area contributed by atoms with Gasteiger partial charge in [0.1, 0.15) is 0 Å². The molecule has 1 fully saturated rings. The van der Waals surface area contributed by atoms with Crippen molar-refractivity contribution in [2.75, 3.05) is 0 Å². The van der Waals surface area contributed by atoms with Gasteiger partial charge in [-0.25, -0.2) is 4.39 Å².